The predicted octanol–water partition coefficient (Wildman–Crippen LogP) is 4.77. The maximum absolute atomic E-state index is 4.40. The predicted molar refractivity (Wildman–Crippen MR) is 81.4 cm³/mol. The molecule has 0 nitrogen and oxygen atoms in total. The molecule has 0 amide bonds. The number of rotatable bonds is 1. The molecule has 2 heteroatoms. The first-order valence-corrected chi connectivity index (χ1v) is 12.0. The molecule has 1 aliphatic carbocycles. The van der Waals surface area contributed by atoms with Crippen LogP contribution < -0.4 is 0 Å². The molecule has 0 radical (unpaired) electrons. The third-order valence-corrected chi connectivity index (χ3v) is 10.4. The summed E-state index contributed by atoms with van der Waals surface area (Å²) in [6.45, 7) is 18.8. The summed E-state index contributed by atoms with van der Waals surface area (Å²) in [7, 11) is -1.18. The van der Waals surface area contributed by atoms with Crippen LogP contribution in [0.25, 0.3) is 0 Å². The summed E-state index contributed by atoms with van der Waals surface area (Å²) in [6.07, 6.45) is 1.27. The molecule has 1 atom stereocenters. The number of hydrogen-bond acceptors (Lipinski definition) is 0. The summed E-state index contributed by atoms with van der Waals surface area (Å²) in [4.78, 5) is 0. The summed E-state index contributed by atoms with van der Waals surface area (Å²) in [5, 5.41) is 3.17. The van der Waals surface area contributed by atoms with Crippen molar-refractivity contribution in [2.75, 3.05) is 0 Å². The van der Waals surface area contributed by atoms with Gasteiger partial charge in [-0.2, -0.15) is 0 Å². The second-order valence-electron chi connectivity index (χ2n) is 6.58. The zero-order valence-electron chi connectivity index (χ0n) is 12.0. The second kappa shape index (κ2) is 3.98. The van der Waals surface area contributed by atoms with Gasteiger partial charge in [-0.25, -0.2) is 0 Å². The molecule has 0 aromatic rings. The van der Waals surface area contributed by atoms with E-state index in [1.54, 1.807) is 16.7 Å². The van der Waals surface area contributed by atoms with E-state index in [1.165, 1.54) is 17.3 Å². The molecular weight excluding hydrogens is 287 g/mol. The van der Waals surface area contributed by atoms with Crippen LogP contribution in [0.1, 0.15) is 27.2 Å². The Hall–Kier alpha value is -0.0436. The van der Waals surface area contributed by atoms with Crippen LogP contribution in [-0.2, 0) is 0 Å². The van der Waals surface area contributed by atoms with Gasteiger partial charge in [0.2, 0.25) is 0 Å². The summed E-state index contributed by atoms with van der Waals surface area (Å²) in [6, 6.07) is 0. The number of allylic oxidation sites excluding steroid dienone is 5. The molecule has 2 rings (SSSR count). The van der Waals surface area contributed by atoms with Gasteiger partial charge in [0.1, 0.15) is 0 Å². The van der Waals surface area contributed by atoms with Crippen LogP contribution in [0.5, 0.6) is 0 Å². The van der Waals surface area contributed by atoms with Crippen molar-refractivity contribution in [2.45, 2.75) is 56.5 Å². The van der Waals surface area contributed by atoms with E-state index >= 15 is 0 Å². The molecule has 94 valence electrons. The minimum absolute atomic E-state index is 0.436. The van der Waals surface area contributed by atoms with E-state index in [4.69, 9.17) is 0 Å². The molecule has 2 aliphatic rings. The molecule has 0 fully saturated rings. The van der Waals surface area contributed by atoms with Crippen molar-refractivity contribution in [1.29, 1.82) is 0 Å². The van der Waals surface area contributed by atoms with Crippen molar-refractivity contribution in [3.63, 3.8) is 0 Å². The van der Waals surface area contributed by atoms with Gasteiger partial charge in [-0.15, -0.1) is 0 Å². The van der Waals surface area contributed by atoms with Crippen LogP contribution >= 0.6 is 0 Å². The van der Waals surface area contributed by atoms with Crippen LogP contribution in [0, 0.1) is 0 Å². The average Bonchev–Trinajstić information content (AvgIpc) is 2.21. The van der Waals surface area contributed by atoms with Gasteiger partial charge >= 0.3 is 114 Å². The topological polar surface area (TPSA) is 0 Å². The first kappa shape index (κ1) is 13.4. The fourth-order valence-electron chi connectivity index (χ4n) is 3.30. The molecule has 1 unspecified atom stereocenters. The van der Waals surface area contributed by atoms with Gasteiger partial charge in [0.15, 0.2) is 0 Å². The molecule has 0 aromatic carbocycles. The average molecular weight is 311 g/mol. The molecule has 1 heterocycles. The van der Waals surface area contributed by atoms with Crippen molar-refractivity contribution in [3.8, 4) is 0 Å². The van der Waals surface area contributed by atoms with E-state index in [1.807, 2.05) is 5.20 Å². The Morgan fingerprint density at radius 2 is 1.71 bits per heavy atom. The Morgan fingerprint density at radius 3 is 2.18 bits per heavy atom. The van der Waals surface area contributed by atoms with Gasteiger partial charge in [-0.05, 0) is 0 Å². The summed E-state index contributed by atoms with van der Waals surface area (Å²) in [5.74, 6) is 0. The van der Waals surface area contributed by atoms with Crippen LogP contribution in [0.15, 0.2) is 34.1 Å². The van der Waals surface area contributed by atoms with Crippen LogP contribution in [0.4, 0.5) is 0 Å². The Bertz CT molecular complexity index is 448. The van der Waals surface area contributed by atoms with Crippen molar-refractivity contribution >= 4 is 23.0 Å². The quantitative estimate of drug-likeness (QED) is 0.483. The van der Waals surface area contributed by atoms with E-state index < -0.39 is 8.07 Å². The molecule has 1 spiro atoms. The maximum atomic E-state index is 4.40. The Balaban J connectivity index is 2.46. The first-order valence-electron chi connectivity index (χ1n) is 6.41. The summed E-state index contributed by atoms with van der Waals surface area (Å²) >= 11 is 0.697. The Morgan fingerprint density at radius 1 is 1.12 bits per heavy atom. The molecule has 0 bridgehead atoms. The third kappa shape index (κ3) is 1.85. The molecule has 1 aliphatic heterocycles. The summed E-state index contributed by atoms with van der Waals surface area (Å²) in [5.41, 5.74) is 6.30. The molecule has 0 aromatic heterocycles. The van der Waals surface area contributed by atoms with Gasteiger partial charge in [-0.3, -0.25) is 0 Å². The van der Waals surface area contributed by atoms with Gasteiger partial charge in [0, 0.05) is 0 Å². The van der Waals surface area contributed by atoms with Crippen molar-refractivity contribution in [1.82, 2.24) is 0 Å². The molecule has 0 N–H and O–H groups in total. The SMILES string of the molecule is C=C1C(C)=C([Si](C)(C)C)C12CC(C)=C(C)C[Se]2. The zero-order chi connectivity index (χ0) is 13.0. The van der Waals surface area contributed by atoms with Gasteiger partial charge in [-0.1, -0.05) is 0 Å². The normalized spacial score (nSPS) is 30.1. The second-order valence-corrected chi connectivity index (χ2v) is 14.3. The minimum atomic E-state index is -1.18. The van der Waals surface area contributed by atoms with Crippen LogP contribution in [0.2, 0.25) is 29.3 Å². The van der Waals surface area contributed by atoms with Crippen molar-refractivity contribution in [2.24, 2.45) is 0 Å². The molecule has 0 saturated heterocycles. The van der Waals surface area contributed by atoms with Crippen molar-refractivity contribution in [3.05, 3.63) is 34.1 Å². The summed E-state index contributed by atoms with van der Waals surface area (Å²) < 4.78 is 0.436. The van der Waals surface area contributed by atoms with Crippen molar-refractivity contribution < 1.29 is 0 Å². The Labute approximate surface area is 113 Å². The fraction of sp³-hybridized carbons (Fsp3) is 0.600. The van der Waals surface area contributed by atoms with Crippen LogP contribution in [-0.4, -0.2) is 23.0 Å². The standard InChI is InChI=1S/C15H24SeSi/c1-10-8-15(16-9-11(10)2)13(4)12(3)14(15)17(5,6)7/h4,8-9H2,1-3,5-7H3. The van der Waals surface area contributed by atoms with E-state index in [0.717, 1.165) is 0 Å². The molecule has 0 saturated carbocycles. The van der Waals surface area contributed by atoms with E-state index in [9.17, 15) is 0 Å². The van der Waals surface area contributed by atoms with Crippen LogP contribution in [0.3, 0.4) is 0 Å². The zero-order valence-corrected chi connectivity index (χ0v) is 14.7. The monoisotopic (exact) mass is 312 g/mol. The Kier molecular flexibility index (Phi) is 3.13. The third-order valence-electron chi connectivity index (χ3n) is 4.25. The van der Waals surface area contributed by atoms with E-state index in [0.29, 0.717) is 19.3 Å². The fourth-order valence-corrected chi connectivity index (χ4v) is 11.8. The van der Waals surface area contributed by atoms with Gasteiger partial charge in [0.05, 0.1) is 0 Å². The van der Waals surface area contributed by atoms with Gasteiger partial charge in [0.25, 0.3) is 0 Å². The molecule has 17 heavy (non-hydrogen) atoms. The van der Waals surface area contributed by atoms with Gasteiger partial charge < -0.3 is 0 Å². The van der Waals surface area contributed by atoms with E-state index in [2.05, 4.69) is 47.0 Å². The van der Waals surface area contributed by atoms with E-state index in [-0.39, 0.29) is 0 Å². The first-order chi connectivity index (χ1) is 7.70. The number of hydrogen-bond donors (Lipinski definition) is 0. The molecular formula is C15H24SeSi.